The second-order valence-electron chi connectivity index (χ2n) is 14.3. The van der Waals surface area contributed by atoms with Gasteiger partial charge in [-0.2, -0.15) is 0 Å². The lowest BCUT2D eigenvalue weighted by Crippen LogP contribution is -2.50. The van der Waals surface area contributed by atoms with Gasteiger partial charge in [0.2, 0.25) is 5.91 Å². The van der Waals surface area contributed by atoms with Crippen molar-refractivity contribution >= 4 is 23.5 Å². The molecule has 1 aromatic rings. The van der Waals surface area contributed by atoms with Crippen LogP contribution in [0, 0.1) is 28.6 Å². The lowest BCUT2D eigenvalue weighted by atomic mass is 9.47. The molecule has 4 aliphatic rings. The third-order valence-electron chi connectivity index (χ3n) is 10.4. The van der Waals surface area contributed by atoms with E-state index in [4.69, 9.17) is 9.47 Å². The third-order valence-corrected chi connectivity index (χ3v) is 10.4. The van der Waals surface area contributed by atoms with Gasteiger partial charge in [0.15, 0.2) is 0 Å². The van der Waals surface area contributed by atoms with Gasteiger partial charge in [0.25, 0.3) is 0 Å². The van der Waals surface area contributed by atoms with Gasteiger partial charge in [0.05, 0.1) is 0 Å². The fraction of sp³-hybridized carbons (Fsp3) is 0.647. The molecule has 228 valence electrons. The zero-order chi connectivity index (χ0) is 30.3. The van der Waals surface area contributed by atoms with Gasteiger partial charge in [-0.25, -0.2) is 4.79 Å². The van der Waals surface area contributed by atoms with E-state index in [1.54, 1.807) is 27.7 Å². The van der Waals surface area contributed by atoms with E-state index in [9.17, 15) is 14.4 Å². The molecule has 0 aliphatic heterocycles. The van der Waals surface area contributed by atoms with Crippen LogP contribution in [0.4, 0.5) is 4.79 Å². The Bertz CT molecular complexity index is 1270. The predicted molar refractivity (Wildman–Crippen MR) is 161 cm³/mol. The number of alkyl carbamates (subject to hydrolysis) is 1. The van der Waals surface area contributed by atoms with Gasteiger partial charge in [-0.05, 0) is 112 Å². The first kappa shape index (κ1) is 30.3. The van der Waals surface area contributed by atoms with Gasteiger partial charge in [0.1, 0.15) is 24.3 Å². The van der Waals surface area contributed by atoms with Crippen molar-refractivity contribution in [1.82, 2.24) is 15.6 Å². The van der Waals surface area contributed by atoms with Crippen LogP contribution in [0.5, 0.6) is 0 Å². The molecule has 7 unspecified atom stereocenters. The highest BCUT2D eigenvalue weighted by molar-refractivity contribution is 5.88. The molecule has 1 heterocycles. The number of hydrogen-bond donors (Lipinski definition) is 2. The molecule has 8 heteroatoms. The Hall–Kier alpha value is -3.16. The minimum atomic E-state index is -0.837. The summed E-state index contributed by atoms with van der Waals surface area (Å²) in [5.74, 6) is 1.03. The van der Waals surface area contributed by atoms with Gasteiger partial charge in [-0.1, -0.05) is 37.6 Å². The number of aromatic nitrogens is 1. The van der Waals surface area contributed by atoms with Crippen LogP contribution in [0.25, 0.3) is 5.57 Å². The molecule has 7 atom stereocenters. The van der Waals surface area contributed by atoms with E-state index >= 15 is 0 Å². The second kappa shape index (κ2) is 11.5. The molecular weight excluding hydrogens is 530 g/mol. The molecule has 5 rings (SSSR count). The first-order valence-electron chi connectivity index (χ1n) is 15.6. The number of allylic oxidation sites excluding steroid dienone is 3. The monoisotopic (exact) mass is 577 g/mol. The molecule has 42 heavy (non-hydrogen) atoms. The Kier molecular flexibility index (Phi) is 8.29. The maximum absolute atomic E-state index is 12.6. The molecule has 0 aromatic carbocycles. The number of ether oxygens (including phenoxy) is 2. The van der Waals surface area contributed by atoms with E-state index < -0.39 is 29.6 Å². The summed E-state index contributed by atoms with van der Waals surface area (Å²) in [7, 11) is 0. The average molecular weight is 578 g/mol. The van der Waals surface area contributed by atoms with Crippen LogP contribution in [0.15, 0.2) is 42.3 Å². The molecule has 8 nitrogen and oxygen atoms in total. The molecule has 2 saturated carbocycles. The van der Waals surface area contributed by atoms with Crippen LogP contribution >= 0.6 is 0 Å². The normalized spacial score (nSPS) is 32.6. The highest BCUT2D eigenvalue weighted by atomic mass is 16.6. The minimum Gasteiger partial charge on any atom is -0.461 e. The van der Waals surface area contributed by atoms with Crippen molar-refractivity contribution in [1.29, 1.82) is 0 Å². The summed E-state index contributed by atoms with van der Waals surface area (Å²) in [4.78, 5) is 41.4. The van der Waals surface area contributed by atoms with Crippen molar-refractivity contribution in [2.75, 3.05) is 6.54 Å². The van der Waals surface area contributed by atoms with Crippen molar-refractivity contribution in [3.8, 4) is 0 Å². The number of hydrogen-bond acceptors (Lipinski definition) is 6. The van der Waals surface area contributed by atoms with Crippen molar-refractivity contribution in [2.24, 2.45) is 28.6 Å². The average Bonchev–Trinajstić information content (AvgIpc) is 3.28. The molecule has 0 saturated heterocycles. The topological polar surface area (TPSA) is 107 Å². The van der Waals surface area contributed by atoms with E-state index in [1.165, 1.54) is 29.6 Å². The number of carbonyl (C=O) groups excluding carboxylic acids is 3. The number of fused-ring (bicyclic) bond motifs is 5. The largest absolute Gasteiger partial charge is 0.461 e. The number of rotatable bonds is 6. The molecule has 0 spiro atoms. The quantitative estimate of drug-likeness (QED) is 0.318. The lowest BCUT2D eigenvalue weighted by Gasteiger charge is -2.57. The zero-order valence-corrected chi connectivity index (χ0v) is 26.0. The number of esters is 1. The smallest absolute Gasteiger partial charge is 0.408 e. The molecule has 2 fully saturated rings. The number of carbonyl (C=O) groups is 3. The first-order chi connectivity index (χ1) is 19.8. The lowest BCUT2D eigenvalue weighted by molar-refractivity contribution is -0.151. The van der Waals surface area contributed by atoms with Crippen LogP contribution in [0.1, 0.15) is 92.1 Å². The fourth-order valence-corrected chi connectivity index (χ4v) is 8.35. The van der Waals surface area contributed by atoms with E-state index in [0.717, 1.165) is 32.1 Å². The van der Waals surface area contributed by atoms with Gasteiger partial charge in [-0.15, -0.1) is 0 Å². The highest BCUT2D eigenvalue weighted by Gasteiger charge is 2.57. The SMILES string of the molecule is CC(NC(=O)OC(C)(C)C)C(=O)NCC(=O)OC1CCC2(C)C(=CCC3C2CCC2(C)C(c4cccnc4)=CCC32)C1. The van der Waals surface area contributed by atoms with Crippen molar-refractivity contribution in [3.63, 3.8) is 0 Å². The van der Waals surface area contributed by atoms with E-state index in [1.807, 2.05) is 18.5 Å². The summed E-state index contributed by atoms with van der Waals surface area (Å²) in [5.41, 5.74) is 3.87. The number of nitrogens with zero attached hydrogens (tertiary/aromatic N) is 1. The number of pyridine rings is 1. The number of amides is 2. The van der Waals surface area contributed by atoms with Crippen LogP contribution < -0.4 is 10.6 Å². The van der Waals surface area contributed by atoms with Crippen molar-refractivity contribution in [2.45, 2.75) is 104 Å². The Balaban J connectivity index is 1.14. The van der Waals surface area contributed by atoms with E-state index in [2.05, 4.69) is 47.7 Å². The Morgan fingerprint density at radius 1 is 1.07 bits per heavy atom. The summed E-state index contributed by atoms with van der Waals surface area (Å²) in [6.07, 6.45) is 15.2. The van der Waals surface area contributed by atoms with Crippen LogP contribution in [-0.4, -0.2) is 47.2 Å². The van der Waals surface area contributed by atoms with Crippen LogP contribution in [0.2, 0.25) is 0 Å². The summed E-state index contributed by atoms with van der Waals surface area (Å²) < 4.78 is 11.0. The Morgan fingerprint density at radius 2 is 1.83 bits per heavy atom. The second-order valence-corrected chi connectivity index (χ2v) is 14.3. The minimum absolute atomic E-state index is 0.140. The predicted octanol–water partition coefficient (Wildman–Crippen LogP) is 5.98. The third kappa shape index (κ3) is 6.00. The van der Waals surface area contributed by atoms with Gasteiger partial charge >= 0.3 is 12.1 Å². The molecule has 2 amide bonds. The van der Waals surface area contributed by atoms with Crippen LogP contribution in [0.3, 0.4) is 0 Å². The summed E-state index contributed by atoms with van der Waals surface area (Å²) in [6, 6.07) is 3.41. The fourth-order valence-electron chi connectivity index (χ4n) is 8.35. The summed E-state index contributed by atoms with van der Waals surface area (Å²) in [6.45, 7) is 11.5. The first-order valence-corrected chi connectivity index (χ1v) is 15.6. The maximum atomic E-state index is 12.6. The molecule has 4 aliphatic carbocycles. The molecular formula is C34H47N3O5. The molecule has 1 aromatic heterocycles. The zero-order valence-electron chi connectivity index (χ0n) is 26.0. The summed E-state index contributed by atoms with van der Waals surface area (Å²) in [5, 5.41) is 5.06. The van der Waals surface area contributed by atoms with Crippen molar-refractivity contribution < 1.29 is 23.9 Å². The van der Waals surface area contributed by atoms with Gasteiger partial charge < -0.3 is 20.1 Å². The van der Waals surface area contributed by atoms with Crippen molar-refractivity contribution in [3.05, 3.63) is 47.8 Å². The van der Waals surface area contributed by atoms with Gasteiger partial charge in [-0.3, -0.25) is 14.6 Å². The van der Waals surface area contributed by atoms with Gasteiger partial charge in [0, 0.05) is 18.8 Å². The standard InChI is InChI=1S/C34H47N3O5/c1-21(37-31(40)42-32(2,3)4)30(39)36-20-29(38)41-24-13-15-33(5)23(18-24)9-10-25-27-12-11-26(22-8-7-17-35-19-22)34(27,6)16-14-28(25)33/h7-9,11,17,19,21,24-25,27-28H,10,12-16,18,20H2,1-6H3,(H,36,39)(H,37,40). The Morgan fingerprint density at radius 3 is 2.55 bits per heavy atom. The Labute approximate surface area is 250 Å². The molecule has 2 N–H and O–H groups in total. The maximum Gasteiger partial charge on any atom is 0.408 e. The van der Waals surface area contributed by atoms with E-state index in [0.29, 0.717) is 17.8 Å². The number of nitrogens with one attached hydrogen (secondary N) is 2. The van der Waals surface area contributed by atoms with Crippen LogP contribution in [-0.2, 0) is 19.1 Å². The molecule has 0 bridgehead atoms. The molecule has 0 radical (unpaired) electrons. The summed E-state index contributed by atoms with van der Waals surface area (Å²) >= 11 is 0. The van der Waals surface area contributed by atoms with E-state index in [-0.39, 0.29) is 23.5 Å². The highest BCUT2D eigenvalue weighted by Crippen LogP contribution is 2.66.